The van der Waals surface area contributed by atoms with Crippen LogP contribution in [-0.4, -0.2) is 71.4 Å². The van der Waals surface area contributed by atoms with E-state index in [0.717, 1.165) is 25.1 Å². The molecule has 1 aromatic carbocycles. The number of aromatic nitrogens is 2. The summed E-state index contributed by atoms with van der Waals surface area (Å²) in [4.78, 5) is 56.2. The Bertz CT molecular complexity index is 1700. The van der Waals surface area contributed by atoms with E-state index in [0.29, 0.717) is 0 Å². The van der Waals surface area contributed by atoms with Gasteiger partial charge in [0.25, 0.3) is 23.6 Å². The van der Waals surface area contributed by atoms with Gasteiger partial charge >= 0.3 is 0 Å². The number of nitrogens with zero attached hydrogens (tertiary/aromatic N) is 2. The Morgan fingerprint density at radius 2 is 0.979 bits per heavy atom. The second-order valence-electron chi connectivity index (χ2n) is 10.7. The zero-order chi connectivity index (χ0) is 35.4. The maximum absolute atomic E-state index is 15.0. The van der Waals surface area contributed by atoms with Crippen molar-refractivity contribution in [3.63, 3.8) is 0 Å². The van der Waals surface area contributed by atoms with Crippen LogP contribution in [-0.2, 0) is 6.54 Å². The molecule has 1 saturated carbocycles. The molecule has 1 aliphatic rings. The third-order valence-electron chi connectivity index (χ3n) is 7.69. The molecule has 0 radical (unpaired) electrons. The molecule has 10 nitrogen and oxygen atoms in total. The van der Waals surface area contributed by atoms with Crippen molar-refractivity contribution in [1.29, 1.82) is 0 Å². The first-order chi connectivity index (χ1) is 22.6. The number of hydrogen-bond acceptors (Lipinski definition) is 6. The molecule has 0 aliphatic heterocycles. The van der Waals surface area contributed by atoms with Crippen LogP contribution in [0.3, 0.4) is 0 Å². The van der Waals surface area contributed by atoms with Crippen LogP contribution in [0.2, 0.25) is 0 Å². The van der Waals surface area contributed by atoms with E-state index in [1.54, 1.807) is 0 Å². The Morgan fingerprint density at radius 3 is 1.38 bits per heavy atom. The number of hydrogen-bond donors (Lipinski definition) is 4. The quantitative estimate of drug-likeness (QED) is 0.190. The van der Waals surface area contributed by atoms with Gasteiger partial charge in [0, 0.05) is 42.6 Å². The summed E-state index contributed by atoms with van der Waals surface area (Å²) in [6, 6.07) is 6.94. The molecule has 5 N–H and O–H groups in total. The number of halogens is 8. The van der Waals surface area contributed by atoms with Gasteiger partial charge in [-0.3, -0.25) is 19.2 Å². The van der Waals surface area contributed by atoms with Gasteiger partial charge < -0.3 is 21.7 Å². The van der Waals surface area contributed by atoms with Crippen molar-refractivity contribution in [1.82, 2.24) is 25.9 Å². The van der Waals surface area contributed by atoms with Crippen molar-refractivity contribution in [2.75, 3.05) is 13.1 Å². The second kappa shape index (κ2) is 14.7. The lowest BCUT2D eigenvalue weighted by molar-refractivity contribution is -0.0752. The monoisotopic (exact) mass is 686 g/mol. The number of pyridine rings is 2. The molecule has 4 amide bonds. The average Bonchev–Trinajstić information content (AvgIpc) is 3.08. The molecule has 6 atom stereocenters. The molecular weight excluding hydrogens is 660 g/mol. The summed E-state index contributed by atoms with van der Waals surface area (Å²) in [5, 5.41) is 6.21. The van der Waals surface area contributed by atoms with E-state index in [1.165, 1.54) is 18.2 Å². The van der Waals surface area contributed by atoms with E-state index in [2.05, 4.69) is 20.6 Å². The van der Waals surface area contributed by atoms with Crippen LogP contribution in [0, 0.1) is 42.0 Å². The van der Waals surface area contributed by atoms with Crippen molar-refractivity contribution in [2.45, 2.75) is 38.2 Å². The standard InChI is InChI=1S/C30H26F8N6O4/c1-11-19(31)21(33)12(22(34)20(11)32)8-40-29(47)17-6-3-7-18(44-17)30(48)42-10-14-25(37)23(35)13(24(36)26(14)38)9-41-28(46)16-5-2-4-15(43-16)27(39)45/h2-7,13-14,23-26H,8-10H2,1H3,(H2,39,45)(H,40,47)(H,41,46)(H,42,48)/t13?,14?,23-,24+,25+,26-. The van der Waals surface area contributed by atoms with Gasteiger partial charge in [0.1, 0.15) is 47.5 Å². The molecule has 2 heterocycles. The number of nitrogens with two attached hydrogens (primary N) is 1. The average molecular weight is 687 g/mol. The highest BCUT2D eigenvalue weighted by Gasteiger charge is 2.52. The van der Waals surface area contributed by atoms with E-state index in [1.807, 2.05) is 5.32 Å². The summed E-state index contributed by atoms with van der Waals surface area (Å²) >= 11 is 0. The minimum Gasteiger partial charge on any atom is -0.364 e. The summed E-state index contributed by atoms with van der Waals surface area (Å²) in [7, 11) is 0. The molecule has 4 rings (SSSR count). The van der Waals surface area contributed by atoms with Crippen molar-refractivity contribution >= 4 is 23.6 Å². The first-order valence-corrected chi connectivity index (χ1v) is 14.1. The first-order valence-electron chi connectivity index (χ1n) is 14.1. The summed E-state index contributed by atoms with van der Waals surface area (Å²) in [6.07, 6.45) is -10.5. The third-order valence-corrected chi connectivity index (χ3v) is 7.69. The fraction of sp³-hybridized carbons (Fsp3) is 0.333. The topological polar surface area (TPSA) is 156 Å². The van der Waals surface area contributed by atoms with Crippen LogP contribution in [0.25, 0.3) is 0 Å². The van der Waals surface area contributed by atoms with E-state index in [9.17, 15) is 45.5 Å². The molecular formula is C30H26F8N6O4. The predicted octanol–water partition coefficient (Wildman–Crippen LogP) is 3.13. The fourth-order valence-electron chi connectivity index (χ4n) is 4.94. The Hall–Kier alpha value is -5.16. The molecule has 48 heavy (non-hydrogen) atoms. The summed E-state index contributed by atoms with van der Waals surface area (Å²) < 4.78 is 116. The highest BCUT2D eigenvalue weighted by molar-refractivity contribution is 5.96. The number of alkyl halides is 4. The molecule has 2 unspecified atom stereocenters. The van der Waals surface area contributed by atoms with Crippen molar-refractivity contribution in [3.8, 4) is 0 Å². The maximum Gasteiger partial charge on any atom is 0.270 e. The van der Waals surface area contributed by atoms with Crippen LogP contribution in [0.4, 0.5) is 35.1 Å². The molecule has 0 bridgehead atoms. The first kappa shape index (κ1) is 35.7. The molecule has 18 heteroatoms. The predicted molar refractivity (Wildman–Crippen MR) is 150 cm³/mol. The lowest BCUT2D eigenvalue weighted by atomic mass is 9.76. The van der Waals surface area contributed by atoms with Gasteiger partial charge in [-0.1, -0.05) is 12.1 Å². The lowest BCUT2D eigenvalue weighted by Gasteiger charge is -2.39. The zero-order valence-electron chi connectivity index (χ0n) is 24.7. The number of nitrogens with one attached hydrogen (secondary N) is 3. The Morgan fingerprint density at radius 1 is 0.625 bits per heavy atom. The largest absolute Gasteiger partial charge is 0.364 e. The fourth-order valence-corrected chi connectivity index (χ4v) is 4.94. The van der Waals surface area contributed by atoms with Crippen molar-refractivity contribution in [3.05, 3.63) is 93.6 Å². The van der Waals surface area contributed by atoms with Crippen LogP contribution < -0.4 is 21.7 Å². The number of carbonyl (C=O) groups is 4. The van der Waals surface area contributed by atoms with E-state index >= 15 is 8.78 Å². The number of primary amides is 1. The Kier molecular flexibility index (Phi) is 10.9. The van der Waals surface area contributed by atoms with Gasteiger partial charge in [-0.2, -0.15) is 0 Å². The highest BCUT2D eigenvalue weighted by atomic mass is 19.2. The summed E-state index contributed by atoms with van der Waals surface area (Å²) in [5.41, 5.74) is 1.48. The SMILES string of the molecule is Cc1c(F)c(F)c(CNC(=O)c2cccc(C(=O)NCC3[C@@H](F)[C@@H](F)C(CNC(=O)c4cccc(C(N)=O)n4)[C@@H](F)[C@H]3F)n2)c(F)c1F. The van der Waals surface area contributed by atoms with Gasteiger partial charge in [-0.25, -0.2) is 45.1 Å². The molecule has 1 aliphatic carbocycles. The van der Waals surface area contributed by atoms with E-state index < -0.39 is 126 Å². The molecule has 3 aromatic rings. The third kappa shape index (κ3) is 7.36. The second-order valence-corrected chi connectivity index (χ2v) is 10.7. The van der Waals surface area contributed by atoms with Gasteiger partial charge in [-0.05, 0) is 31.2 Å². The normalized spacial score (nSPS) is 22.1. The zero-order valence-corrected chi connectivity index (χ0v) is 24.7. The van der Waals surface area contributed by atoms with Crippen LogP contribution in [0.5, 0.6) is 0 Å². The number of benzene rings is 1. The van der Waals surface area contributed by atoms with Crippen molar-refractivity contribution in [2.24, 2.45) is 17.6 Å². The lowest BCUT2D eigenvalue weighted by Crippen LogP contribution is -2.57. The van der Waals surface area contributed by atoms with Crippen LogP contribution in [0.1, 0.15) is 53.1 Å². The molecule has 2 aromatic heterocycles. The molecule has 0 spiro atoms. The molecule has 256 valence electrons. The summed E-state index contributed by atoms with van der Waals surface area (Å²) in [5.74, 6) is -14.9. The number of carbonyl (C=O) groups excluding carboxylic acids is 4. The van der Waals surface area contributed by atoms with Gasteiger partial charge in [0.2, 0.25) is 0 Å². The van der Waals surface area contributed by atoms with Gasteiger partial charge in [0.05, 0.1) is 0 Å². The van der Waals surface area contributed by atoms with Gasteiger partial charge in [-0.15, -0.1) is 0 Å². The molecule has 1 fully saturated rings. The van der Waals surface area contributed by atoms with Crippen LogP contribution >= 0.6 is 0 Å². The minimum atomic E-state index is -2.63. The Labute approximate surface area is 266 Å². The number of amides is 4. The van der Waals surface area contributed by atoms with Crippen LogP contribution in [0.15, 0.2) is 36.4 Å². The van der Waals surface area contributed by atoms with Gasteiger partial charge in [0.15, 0.2) is 23.3 Å². The minimum absolute atomic E-state index is 0.267. The van der Waals surface area contributed by atoms with Crippen molar-refractivity contribution < 1.29 is 54.3 Å². The molecule has 0 saturated heterocycles. The summed E-state index contributed by atoms with van der Waals surface area (Å²) in [6.45, 7) is -1.93. The number of rotatable bonds is 10. The smallest absolute Gasteiger partial charge is 0.270 e. The maximum atomic E-state index is 15.0. The van der Waals surface area contributed by atoms with E-state index in [-0.39, 0.29) is 11.4 Å². The Balaban J connectivity index is 1.35. The van der Waals surface area contributed by atoms with E-state index in [4.69, 9.17) is 5.73 Å². The highest BCUT2D eigenvalue weighted by Crippen LogP contribution is 2.37.